The van der Waals surface area contributed by atoms with Crippen molar-refractivity contribution in [1.29, 1.82) is 0 Å². The first-order chi connectivity index (χ1) is 10.1. The zero-order chi connectivity index (χ0) is 15.4. The van der Waals surface area contributed by atoms with Gasteiger partial charge in [0.15, 0.2) is 0 Å². The SMILES string of the molecule is CCCNC(c1cc(C)c(Cl)cc1C)c1ccoc1CC. The summed E-state index contributed by atoms with van der Waals surface area (Å²) in [5, 5.41) is 4.47. The second kappa shape index (κ2) is 7.15. The molecule has 2 rings (SSSR count). The van der Waals surface area contributed by atoms with Crippen LogP contribution < -0.4 is 5.32 Å². The molecule has 1 atom stereocenters. The molecule has 1 N–H and O–H groups in total. The Bertz CT molecular complexity index is 603. The van der Waals surface area contributed by atoms with E-state index in [1.54, 1.807) is 6.26 Å². The van der Waals surface area contributed by atoms with Gasteiger partial charge in [0.25, 0.3) is 0 Å². The molecule has 3 heteroatoms. The Hall–Kier alpha value is -1.25. The van der Waals surface area contributed by atoms with Crippen molar-refractivity contribution in [3.05, 3.63) is 57.5 Å². The third kappa shape index (κ3) is 3.50. The summed E-state index contributed by atoms with van der Waals surface area (Å²) in [6.07, 6.45) is 3.78. The molecule has 0 aliphatic rings. The molecule has 0 bridgehead atoms. The minimum absolute atomic E-state index is 0.162. The van der Waals surface area contributed by atoms with Gasteiger partial charge in [-0.15, -0.1) is 0 Å². The number of furan rings is 1. The van der Waals surface area contributed by atoms with E-state index in [0.717, 1.165) is 35.7 Å². The molecule has 0 saturated heterocycles. The van der Waals surface area contributed by atoms with E-state index in [0.29, 0.717) is 0 Å². The van der Waals surface area contributed by atoms with Gasteiger partial charge in [-0.25, -0.2) is 0 Å². The molecular formula is C18H24ClNO. The summed E-state index contributed by atoms with van der Waals surface area (Å²) in [5.41, 5.74) is 4.83. The summed E-state index contributed by atoms with van der Waals surface area (Å²) >= 11 is 6.24. The predicted molar refractivity (Wildman–Crippen MR) is 89.1 cm³/mol. The fourth-order valence-corrected chi connectivity index (χ4v) is 2.90. The lowest BCUT2D eigenvalue weighted by molar-refractivity contribution is 0.499. The second-order valence-electron chi connectivity index (χ2n) is 5.50. The Balaban J connectivity index is 2.48. The van der Waals surface area contributed by atoms with Gasteiger partial charge in [-0.2, -0.15) is 0 Å². The van der Waals surface area contributed by atoms with Crippen LogP contribution in [0.1, 0.15) is 54.3 Å². The van der Waals surface area contributed by atoms with Crippen molar-refractivity contribution in [2.45, 2.75) is 46.6 Å². The fourth-order valence-electron chi connectivity index (χ4n) is 2.69. The number of hydrogen-bond donors (Lipinski definition) is 1. The van der Waals surface area contributed by atoms with E-state index in [2.05, 4.69) is 51.2 Å². The lowest BCUT2D eigenvalue weighted by Crippen LogP contribution is -2.24. The van der Waals surface area contributed by atoms with Crippen LogP contribution in [0.5, 0.6) is 0 Å². The molecule has 0 radical (unpaired) electrons. The molecule has 114 valence electrons. The molecule has 0 spiro atoms. The van der Waals surface area contributed by atoms with Crippen LogP contribution in [0, 0.1) is 13.8 Å². The topological polar surface area (TPSA) is 25.2 Å². The maximum absolute atomic E-state index is 6.24. The Morgan fingerprint density at radius 3 is 2.57 bits per heavy atom. The van der Waals surface area contributed by atoms with E-state index in [1.165, 1.54) is 16.7 Å². The van der Waals surface area contributed by atoms with Gasteiger partial charge >= 0.3 is 0 Å². The Morgan fingerprint density at radius 1 is 1.14 bits per heavy atom. The number of benzene rings is 1. The predicted octanol–water partition coefficient (Wildman–Crippen LogP) is 5.20. The van der Waals surface area contributed by atoms with E-state index in [9.17, 15) is 0 Å². The summed E-state index contributed by atoms with van der Waals surface area (Å²) < 4.78 is 5.62. The van der Waals surface area contributed by atoms with E-state index >= 15 is 0 Å². The third-order valence-electron chi connectivity index (χ3n) is 3.87. The number of aryl methyl sites for hydroxylation is 3. The monoisotopic (exact) mass is 305 g/mol. The molecule has 0 aliphatic heterocycles. The summed E-state index contributed by atoms with van der Waals surface area (Å²) in [4.78, 5) is 0. The summed E-state index contributed by atoms with van der Waals surface area (Å²) in [7, 11) is 0. The molecule has 0 aliphatic carbocycles. The highest BCUT2D eigenvalue weighted by atomic mass is 35.5. The number of hydrogen-bond acceptors (Lipinski definition) is 2. The fraction of sp³-hybridized carbons (Fsp3) is 0.444. The van der Waals surface area contributed by atoms with Crippen LogP contribution in [0.15, 0.2) is 28.9 Å². The molecule has 1 aromatic carbocycles. The van der Waals surface area contributed by atoms with Crippen LogP contribution in [0.25, 0.3) is 0 Å². The van der Waals surface area contributed by atoms with Gasteiger partial charge in [0.05, 0.1) is 12.3 Å². The molecule has 0 saturated carbocycles. The molecule has 2 aromatic rings. The molecule has 1 unspecified atom stereocenters. The number of halogens is 1. The molecule has 21 heavy (non-hydrogen) atoms. The van der Waals surface area contributed by atoms with Crippen LogP contribution in [-0.2, 0) is 6.42 Å². The molecular weight excluding hydrogens is 282 g/mol. The Labute approximate surface area is 132 Å². The van der Waals surface area contributed by atoms with Crippen molar-refractivity contribution in [3.63, 3.8) is 0 Å². The highest BCUT2D eigenvalue weighted by Gasteiger charge is 2.20. The average Bonchev–Trinajstić information content (AvgIpc) is 2.93. The minimum Gasteiger partial charge on any atom is -0.469 e. The van der Waals surface area contributed by atoms with Crippen LogP contribution in [0.4, 0.5) is 0 Å². The average molecular weight is 306 g/mol. The molecule has 1 heterocycles. The maximum Gasteiger partial charge on any atom is 0.108 e. The lowest BCUT2D eigenvalue weighted by Gasteiger charge is -2.22. The van der Waals surface area contributed by atoms with E-state index in [1.807, 2.05) is 0 Å². The summed E-state index contributed by atoms with van der Waals surface area (Å²) in [6, 6.07) is 6.49. The minimum atomic E-state index is 0.162. The van der Waals surface area contributed by atoms with Gasteiger partial charge in [-0.3, -0.25) is 0 Å². The maximum atomic E-state index is 6.24. The Kier molecular flexibility index (Phi) is 5.49. The molecule has 0 amide bonds. The van der Waals surface area contributed by atoms with E-state index in [-0.39, 0.29) is 6.04 Å². The van der Waals surface area contributed by atoms with Crippen molar-refractivity contribution in [2.75, 3.05) is 6.54 Å². The van der Waals surface area contributed by atoms with Gasteiger partial charge in [0, 0.05) is 17.0 Å². The molecule has 1 aromatic heterocycles. The van der Waals surface area contributed by atoms with Crippen LogP contribution in [-0.4, -0.2) is 6.54 Å². The third-order valence-corrected chi connectivity index (χ3v) is 4.28. The standard InChI is InChI=1S/C18H24ClNO/c1-5-8-20-18(14-7-9-21-17(14)6-2)15-10-13(4)16(19)11-12(15)3/h7,9-11,18,20H,5-6,8H2,1-4H3. The molecule has 2 nitrogen and oxygen atoms in total. The van der Waals surface area contributed by atoms with Crippen LogP contribution in [0.3, 0.4) is 0 Å². The van der Waals surface area contributed by atoms with Gasteiger partial charge in [-0.05, 0) is 55.6 Å². The quantitative estimate of drug-likeness (QED) is 0.793. The van der Waals surface area contributed by atoms with Crippen molar-refractivity contribution in [1.82, 2.24) is 5.32 Å². The van der Waals surface area contributed by atoms with Crippen molar-refractivity contribution < 1.29 is 4.42 Å². The van der Waals surface area contributed by atoms with Crippen molar-refractivity contribution in [2.24, 2.45) is 0 Å². The zero-order valence-corrected chi connectivity index (χ0v) is 14.1. The van der Waals surface area contributed by atoms with Crippen LogP contribution in [0.2, 0.25) is 5.02 Å². The number of nitrogens with one attached hydrogen (secondary N) is 1. The van der Waals surface area contributed by atoms with Gasteiger partial charge in [-0.1, -0.05) is 31.5 Å². The number of rotatable bonds is 6. The highest BCUT2D eigenvalue weighted by molar-refractivity contribution is 6.31. The smallest absolute Gasteiger partial charge is 0.108 e. The highest BCUT2D eigenvalue weighted by Crippen LogP contribution is 2.31. The molecule has 0 fully saturated rings. The van der Waals surface area contributed by atoms with Gasteiger partial charge in [0.1, 0.15) is 5.76 Å². The first kappa shape index (κ1) is 16.1. The van der Waals surface area contributed by atoms with Crippen molar-refractivity contribution in [3.8, 4) is 0 Å². The largest absolute Gasteiger partial charge is 0.469 e. The lowest BCUT2D eigenvalue weighted by atomic mass is 9.93. The summed E-state index contributed by atoms with van der Waals surface area (Å²) in [5.74, 6) is 1.05. The first-order valence-corrected chi connectivity index (χ1v) is 8.02. The van der Waals surface area contributed by atoms with E-state index < -0.39 is 0 Å². The van der Waals surface area contributed by atoms with Crippen molar-refractivity contribution >= 4 is 11.6 Å². The zero-order valence-electron chi connectivity index (χ0n) is 13.3. The van der Waals surface area contributed by atoms with Gasteiger partial charge < -0.3 is 9.73 Å². The van der Waals surface area contributed by atoms with Crippen LogP contribution >= 0.6 is 11.6 Å². The van der Waals surface area contributed by atoms with Gasteiger partial charge in [0.2, 0.25) is 0 Å². The first-order valence-electron chi connectivity index (χ1n) is 7.64. The summed E-state index contributed by atoms with van der Waals surface area (Å²) in [6.45, 7) is 9.45. The van der Waals surface area contributed by atoms with E-state index in [4.69, 9.17) is 16.0 Å². The normalized spacial score (nSPS) is 12.6. The second-order valence-corrected chi connectivity index (χ2v) is 5.90. The Morgan fingerprint density at radius 2 is 1.90 bits per heavy atom.